The maximum Gasteiger partial charge on any atom is 0.404 e. The Morgan fingerprint density at radius 3 is 2.03 bits per heavy atom. The van der Waals surface area contributed by atoms with Crippen LogP contribution in [0.3, 0.4) is 0 Å². The van der Waals surface area contributed by atoms with Crippen molar-refractivity contribution in [3.05, 3.63) is 29.8 Å². The maximum atomic E-state index is 12.5. The number of esters is 1. The number of unbranched alkanes of at least 4 members (excludes halogenated alkanes) is 12. The average molecular weight is 532 g/mol. The standard InChI is InChI=1S/C32H53NO5/c1-2-3-4-5-6-7-8-9-10-11-12-13-14-19-31(34)38-30-18-16-15-17-28(30)26-27-20-22-29(23-21-27)37-25-24-33-32(35)36/h20-23,28,30,33H,2-19,24-26H2,1H3,(H,35,36). The van der Waals surface area contributed by atoms with Gasteiger partial charge in [0.2, 0.25) is 0 Å². The number of carboxylic acid groups (broad SMARTS) is 1. The van der Waals surface area contributed by atoms with Gasteiger partial charge in [0, 0.05) is 6.42 Å². The van der Waals surface area contributed by atoms with Gasteiger partial charge in [-0.25, -0.2) is 4.79 Å². The summed E-state index contributed by atoms with van der Waals surface area (Å²) in [5.74, 6) is 1.07. The minimum absolute atomic E-state index is 0.0243. The number of carbonyl (C=O) groups excluding carboxylic acids is 1. The van der Waals surface area contributed by atoms with E-state index in [9.17, 15) is 9.59 Å². The Kier molecular flexibility index (Phi) is 17.4. The van der Waals surface area contributed by atoms with Gasteiger partial charge in [0.25, 0.3) is 0 Å². The van der Waals surface area contributed by atoms with Crippen LogP contribution in [0.4, 0.5) is 4.79 Å². The fraction of sp³-hybridized carbons (Fsp3) is 0.750. The zero-order valence-corrected chi connectivity index (χ0v) is 23.9. The molecule has 2 N–H and O–H groups in total. The largest absolute Gasteiger partial charge is 0.492 e. The van der Waals surface area contributed by atoms with Crippen LogP contribution in [0.15, 0.2) is 24.3 Å². The Morgan fingerprint density at radius 1 is 0.842 bits per heavy atom. The second kappa shape index (κ2) is 20.7. The van der Waals surface area contributed by atoms with E-state index in [1.807, 2.05) is 12.1 Å². The normalized spacial score (nSPS) is 17.2. The Labute approximate surface area is 231 Å². The van der Waals surface area contributed by atoms with Crippen molar-refractivity contribution in [3.8, 4) is 5.75 Å². The number of benzene rings is 1. The first-order chi connectivity index (χ1) is 18.6. The topological polar surface area (TPSA) is 84.9 Å². The van der Waals surface area contributed by atoms with E-state index in [4.69, 9.17) is 14.6 Å². The molecule has 2 rings (SSSR count). The molecule has 1 aromatic rings. The molecule has 2 unspecified atom stereocenters. The highest BCUT2D eigenvalue weighted by Gasteiger charge is 2.28. The summed E-state index contributed by atoms with van der Waals surface area (Å²) in [5, 5.41) is 10.9. The molecule has 1 aromatic carbocycles. The van der Waals surface area contributed by atoms with Crippen molar-refractivity contribution >= 4 is 12.1 Å². The van der Waals surface area contributed by atoms with Crippen LogP contribution in [-0.2, 0) is 16.0 Å². The van der Waals surface area contributed by atoms with Gasteiger partial charge in [0.15, 0.2) is 0 Å². The molecule has 0 heterocycles. The SMILES string of the molecule is CCCCCCCCCCCCCCCC(=O)OC1CCCCC1Cc1ccc(OCCNC(=O)O)cc1. The number of carbonyl (C=O) groups is 2. The van der Waals surface area contributed by atoms with Gasteiger partial charge in [-0.05, 0) is 55.7 Å². The minimum Gasteiger partial charge on any atom is -0.492 e. The summed E-state index contributed by atoms with van der Waals surface area (Å²) in [6.45, 7) is 2.82. The molecule has 0 aliphatic heterocycles. The summed E-state index contributed by atoms with van der Waals surface area (Å²) in [6.07, 6.45) is 21.8. The monoisotopic (exact) mass is 531 g/mol. The van der Waals surface area contributed by atoms with Crippen molar-refractivity contribution in [2.24, 2.45) is 5.92 Å². The van der Waals surface area contributed by atoms with E-state index >= 15 is 0 Å². The number of nitrogens with one attached hydrogen (secondary N) is 1. The highest BCUT2D eigenvalue weighted by atomic mass is 16.5. The number of rotatable bonds is 21. The lowest BCUT2D eigenvalue weighted by Gasteiger charge is -2.31. The molecule has 6 heteroatoms. The lowest BCUT2D eigenvalue weighted by Crippen LogP contribution is -2.31. The van der Waals surface area contributed by atoms with E-state index in [1.165, 1.54) is 82.6 Å². The Hall–Kier alpha value is -2.24. The lowest BCUT2D eigenvalue weighted by atomic mass is 9.82. The van der Waals surface area contributed by atoms with E-state index < -0.39 is 6.09 Å². The third-order valence-electron chi connectivity index (χ3n) is 7.67. The molecular weight excluding hydrogens is 478 g/mol. The molecular formula is C32H53NO5. The molecule has 6 nitrogen and oxygen atoms in total. The average Bonchev–Trinajstić information content (AvgIpc) is 2.91. The Morgan fingerprint density at radius 2 is 1.42 bits per heavy atom. The summed E-state index contributed by atoms with van der Waals surface area (Å²) in [7, 11) is 0. The zero-order chi connectivity index (χ0) is 27.3. The Balaban J connectivity index is 1.55. The van der Waals surface area contributed by atoms with Gasteiger partial charge in [-0.3, -0.25) is 4.79 Å². The fourth-order valence-electron chi connectivity index (χ4n) is 5.43. The number of ether oxygens (including phenoxy) is 2. The Bertz CT molecular complexity index is 751. The predicted octanol–water partition coefficient (Wildman–Crippen LogP) is 8.46. The van der Waals surface area contributed by atoms with Crippen molar-refractivity contribution in [1.82, 2.24) is 5.32 Å². The van der Waals surface area contributed by atoms with Crippen LogP contribution in [0.2, 0.25) is 0 Å². The molecule has 2 atom stereocenters. The zero-order valence-electron chi connectivity index (χ0n) is 23.9. The van der Waals surface area contributed by atoms with Crippen molar-refractivity contribution in [2.45, 2.75) is 135 Å². The van der Waals surface area contributed by atoms with Crippen LogP contribution in [0.1, 0.15) is 128 Å². The van der Waals surface area contributed by atoms with Crippen LogP contribution in [-0.4, -0.2) is 36.4 Å². The summed E-state index contributed by atoms with van der Waals surface area (Å²) in [5.41, 5.74) is 1.21. The lowest BCUT2D eigenvalue weighted by molar-refractivity contribution is -0.153. The predicted molar refractivity (Wildman–Crippen MR) is 154 cm³/mol. The molecule has 0 radical (unpaired) electrons. The third kappa shape index (κ3) is 15.2. The molecule has 0 spiro atoms. The van der Waals surface area contributed by atoms with Crippen molar-refractivity contribution in [3.63, 3.8) is 0 Å². The molecule has 38 heavy (non-hydrogen) atoms. The van der Waals surface area contributed by atoms with Crippen molar-refractivity contribution < 1.29 is 24.2 Å². The minimum atomic E-state index is -1.05. The number of amides is 1. The fourth-order valence-corrected chi connectivity index (χ4v) is 5.43. The number of hydrogen-bond acceptors (Lipinski definition) is 4. The van der Waals surface area contributed by atoms with Crippen LogP contribution in [0.5, 0.6) is 5.75 Å². The molecule has 1 fully saturated rings. The van der Waals surface area contributed by atoms with E-state index in [2.05, 4.69) is 24.4 Å². The first-order valence-electron chi connectivity index (χ1n) is 15.5. The molecule has 1 amide bonds. The maximum absolute atomic E-state index is 12.5. The quantitative estimate of drug-likeness (QED) is 0.123. The second-order valence-corrected chi connectivity index (χ2v) is 11.0. The van der Waals surface area contributed by atoms with Gasteiger partial charge in [0.1, 0.15) is 18.5 Å². The first kappa shape index (κ1) is 32.0. The molecule has 1 saturated carbocycles. The molecule has 0 bridgehead atoms. The van der Waals surface area contributed by atoms with E-state index in [0.717, 1.165) is 44.3 Å². The summed E-state index contributed by atoms with van der Waals surface area (Å²) in [6, 6.07) is 7.96. The van der Waals surface area contributed by atoms with Crippen molar-refractivity contribution in [2.75, 3.05) is 13.2 Å². The highest BCUT2D eigenvalue weighted by molar-refractivity contribution is 5.69. The highest BCUT2D eigenvalue weighted by Crippen LogP contribution is 2.30. The van der Waals surface area contributed by atoms with Crippen molar-refractivity contribution in [1.29, 1.82) is 0 Å². The molecule has 0 aromatic heterocycles. The van der Waals surface area contributed by atoms with E-state index in [0.29, 0.717) is 18.9 Å². The molecule has 1 aliphatic rings. The molecule has 1 aliphatic carbocycles. The van der Waals surface area contributed by atoms with Gasteiger partial charge >= 0.3 is 12.1 Å². The van der Waals surface area contributed by atoms with Gasteiger partial charge in [-0.15, -0.1) is 0 Å². The van der Waals surface area contributed by atoms with Crippen LogP contribution < -0.4 is 10.1 Å². The first-order valence-corrected chi connectivity index (χ1v) is 15.5. The number of hydrogen-bond donors (Lipinski definition) is 2. The van der Waals surface area contributed by atoms with E-state index in [1.54, 1.807) is 0 Å². The van der Waals surface area contributed by atoms with Crippen LogP contribution in [0, 0.1) is 5.92 Å². The van der Waals surface area contributed by atoms with Crippen LogP contribution >= 0.6 is 0 Å². The van der Waals surface area contributed by atoms with Gasteiger partial charge < -0.3 is 19.9 Å². The second-order valence-electron chi connectivity index (χ2n) is 11.0. The molecule has 216 valence electrons. The van der Waals surface area contributed by atoms with Gasteiger partial charge in [-0.1, -0.05) is 103 Å². The third-order valence-corrected chi connectivity index (χ3v) is 7.67. The van der Waals surface area contributed by atoms with Crippen LogP contribution in [0.25, 0.3) is 0 Å². The summed E-state index contributed by atoms with van der Waals surface area (Å²) in [4.78, 5) is 23.0. The summed E-state index contributed by atoms with van der Waals surface area (Å²) >= 11 is 0. The van der Waals surface area contributed by atoms with Gasteiger partial charge in [0.05, 0.1) is 6.54 Å². The van der Waals surface area contributed by atoms with Gasteiger partial charge in [-0.2, -0.15) is 0 Å². The summed E-state index contributed by atoms with van der Waals surface area (Å²) < 4.78 is 11.6. The van der Waals surface area contributed by atoms with E-state index in [-0.39, 0.29) is 18.6 Å². The molecule has 0 saturated heterocycles. The smallest absolute Gasteiger partial charge is 0.404 e.